The SMILES string of the molecule is NCCn1cc(CN2CCCC3CCCCC32)nn1. The van der Waals surface area contributed by atoms with Gasteiger partial charge < -0.3 is 5.73 Å². The summed E-state index contributed by atoms with van der Waals surface area (Å²) in [5.41, 5.74) is 6.64. The van der Waals surface area contributed by atoms with Crippen molar-refractivity contribution in [3.63, 3.8) is 0 Å². The van der Waals surface area contributed by atoms with Crippen LogP contribution in [0.4, 0.5) is 0 Å². The van der Waals surface area contributed by atoms with Crippen LogP contribution in [0, 0.1) is 5.92 Å². The summed E-state index contributed by atoms with van der Waals surface area (Å²) in [6, 6.07) is 0.794. The Morgan fingerprint density at radius 1 is 1.21 bits per heavy atom. The minimum Gasteiger partial charge on any atom is -0.329 e. The molecule has 2 fully saturated rings. The van der Waals surface area contributed by atoms with E-state index < -0.39 is 0 Å². The topological polar surface area (TPSA) is 60.0 Å². The van der Waals surface area contributed by atoms with Crippen molar-refractivity contribution in [1.82, 2.24) is 19.9 Å². The van der Waals surface area contributed by atoms with Gasteiger partial charge in [0.1, 0.15) is 0 Å². The van der Waals surface area contributed by atoms with Crippen LogP contribution < -0.4 is 5.73 Å². The van der Waals surface area contributed by atoms with E-state index in [1.165, 1.54) is 45.1 Å². The second-order valence-electron chi connectivity index (χ2n) is 5.99. The van der Waals surface area contributed by atoms with Gasteiger partial charge in [0.15, 0.2) is 0 Å². The highest BCUT2D eigenvalue weighted by Gasteiger charge is 2.33. The first-order chi connectivity index (χ1) is 9.36. The Balaban J connectivity index is 1.63. The first-order valence-electron chi connectivity index (χ1n) is 7.70. The molecule has 0 aromatic carbocycles. The Morgan fingerprint density at radius 3 is 2.95 bits per heavy atom. The van der Waals surface area contributed by atoms with Crippen molar-refractivity contribution < 1.29 is 0 Å². The summed E-state index contributed by atoms with van der Waals surface area (Å²) in [4.78, 5) is 2.64. The lowest BCUT2D eigenvalue weighted by Crippen LogP contribution is -2.46. The molecule has 0 bridgehead atoms. The lowest BCUT2D eigenvalue weighted by atomic mass is 9.78. The van der Waals surface area contributed by atoms with Crippen molar-refractivity contribution in [3.8, 4) is 0 Å². The maximum Gasteiger partial charge on any atom is 0.0967 e. The molecule has 1 saturated heterocycles. The fourth-order valence-electron chi connectivity index (χ4n) is 3.78. The maximum absolute atomic E-state index is 5.54. The predicted molar refractivity (Wildman–Crippen MR) is 74.5 cm³/mol. The fourth-order valence-corrected chi connectivity index (χ4v) is 3.78. The predicted octanol–water partition coefficient (Wildman–Crippen LogP) is 1.39. The lowest BCUT2D eigenvalue weighted by molar-refractivity contribution is 0.0537. The van der Waals surface area contributed by atoms with Crippen molar-refractivity contribution in [2.24, 2.45) is 11.7 Å². The van der Waals surface area contributed by atoms with Gasteiger partial charge in [0.2, 0.25) is 0 Å². The van der Waals surface area contributed by atoms with Crippen LogP contribution in [0.1, 0.15) is 44.2 Å². The third-order valence-electron chi connectivity index (χ3n) is 4.67. The number of nitrogens with two attached hydrogens (primary N) is 1. The first kappa shape index (κ1) is 13.1. The molecule has 1 aromatic rings. The lowest BCUT2D eigenvalue weighted by Gasteiger charge is -2.43. The quantitative estimate of drug-likeness (QED) is 0.892. The molecule has 3 rings (SSSR count). The molecule has 19 heavy (non-hydrogen) atoms. The van der Waals surface area contributed by atoms with E-state index in [1.807, 2.05) is 4.68 Å². The third-order valence-corrected chi connectivity index (χ3v) is 4.67. The molecule has 2 aliphatic rings. The molecule has 1 aromatic heterocycles. The molecule has 2 atom stereocenters. The Bertz CT molecular complexity index is 400. The van der Waals surface area contributed by atoms with Crippen LogP contribution in [0.5, 0.6) is 0 Å². The summed E-state index contributed by atoms with van der Waals surface area (Å²) < 4.78 is 1.86. The van der Waals surface area contributed by atoms with Gasteiger partial charge in [-0.3, -0.25) is 9.58 Å². The van der Waals surface area contributed by atoms with E-state index in [-0.39, 0.29) is 0 Å². The van der Waals surface area contributed by atoms with Gasteiger partial charge in [-0.05, 0) is 38.1 Å². The number of nitrogens with zero attached hydrogens (tertiary/aromatic N) is 4. The largest absolute Gasteiger partial charge is 0.329 e. The molecule has 2 N–H and O–H groups in total. The van der Waals surface area contributed by atoms with Crippen molar-refractivity contribution in [1.29, 1.82) is 0 Å². The second-order valence-corrected chi connectivity index (χ2v) is 5.99. The molecule has 1 saturated carbocycles. The van der Waals surface area contributed by atoms with Crippen LogP contribution in [0.2, 0.25) is 0 Å². The zero-order chi connectivity index (χ0) is 13.1. The smallest absolute Gasteiger partial charge is 0.0967 e. The molecule has 5 nitrogen and oxygen atoms in total. The zero-order valence-corrected chi connectivity index (χ0v) is 11.7. The van der Waals surface area contributed by atoms with Gasteiger partial charge >= 0.3 is 0 Å². The van der Waals surface area contributed by atoms with Gasteiger partial charge in [0, 0.05) is 25.3 Å². The van der Waals surface area contributed by atoms with Crippen LogP contribution in [0.3, 0.4) is 0 Å². The second kappa shape index (κ2) is 6.01. The van der Waals surface area contributed by atoms with Crippen LogP contribution in [0.25, 0.3) is 0 Å². The average molecular weight is 263 g/mol. The van der Waals surface area contributed by atoms with Gasteiger partial charge in [0.05, 0.1) is 12.2 Å². The van der Waals surface area contributed by atoms with Gasteiger partial charge in [-0.1, -0.05) is 18.1 Å². The molecular formula is C14H25N5. The van der Waals surface area contributed by atoms with Crippen molar-refractivity contribution in [2.75, 3.05) is 13.1 Å². The Kier molecular flexibility index (Phi) is 4.13. The molecule has 0 radical (unpaired) electrons. The van der Waals surface area contributed by atoms with E-state index >= 15 is 0 Å². The highest BCUT2D eigenvalue weighted by Crippen LogP contribution is 2.35. The van der Waals surface area contributed by atoms with Crippen molar-refractivity contribution in [2.45, 2.75) is 57.7 Å². The van der Waals surface area contributed by atoms with Crippen molar-refractivity contribution in [3.05, 3.63) is 11.9 Å². The summed E-state index contributed by atoms with van der Waals surface area (Å²) in [5.74, 6) is 0.932. The van der Waals surface area contributed by atoms with Crippen molar-refractivity contribution >= 4 is 0 Å². The van der Waals surface area contributed by atoms with E-state index in [1.54, 1.807) is 0 Å². The van der Waals surface area contributed by atoms with Gasteiger partial charge in [-0.15, -0.1) is 5.10 Å². The minimum atomic E-state index is 0.622. The monoisotopic (exact) mass is 263 g/mol. The maximum atomic E-state index is 5.54. The molecule has 0 spiro atoms. The molecule has 1 aliphatic carbocycles. The molecular weight excluding hydrogens is 238 g/mol. The highest BCUT2D eigenvalue weighted by molar-refractivity contribution is 4.96. The first-order valence-corrected chi connectivity index (χ1v) is 7.70. The summed E-state index contributed by atoms with van der Waals surface area (Å²) >= 11 is 0. The number of aromatic nitrogens is 3. The Labute approximate surface area is 115 Å². The number of fused-ring (bicyclic) bond motifs is 1. The number of piperidine rings is 1. The van der Waals surface area contributed by atoms with Crippen LogP contribution >= 0.6 is 0 Å². The number of rotatable bonds is 4. The highest BCUT2D eigenvalue weighted by atomic mass is 15.4. The van der Waals surface area contributed by atoms with E-state index in [0.717, 1.165) is 30.7 Å². The van der Waals surface area contributed by atoms with Crippen LogP contribution in [-0.4, -0.2) is 39.0 Å². The van der Waals surface area contributed by atoms with E-state index in [0.29, 0.717) is 6.54 Å². The Hall–Kier alpha value is -0.940. The average Bonchev–Trinajstić information content (AvgIpc) is 2.87. The molecule has 1 aliphatic heterocycles. The van der Waals surface area contributed by atoms with Gasteiger partial charge in [0.25, 0.3) is 0 Å². The van der Waals surface area contributed by atoms with Gasteiger partial charge in [-0.25, -0.2) is 0 Å². The number of hydrogen-bond acceptors (Lipinski definition) is 4. The molecule has 5 heteroatoms. The van der Waals surface area contributed by atoms with Crippen LogP contribution in [-0.2, 0) is 13.1 Å². The summed E-state index contributed by atoms with van der Waals surface area (Å²) in [7, 11) is 0. The zero-order valence-electron chi connectivity index (χ0n) is 11.7. The normalized spacial score (nSPS) is 28.3. The van der Waals surface area contributed by atoms with Crippen LogP contribution in [0.15, 0.2) is 6.20 Å². The Morgan fingerprint density at radius 2 is 2.05 bits per heavy atom. The van der Waals surface area contributed by atoms with E-state index in [9.17, 15) is 0 Å². The fraction of sp³-hybridized carbons (Fsp3) is 0.857. The standard InChI is InChI=1S/C14H25N5/c15-7-9-19-11-13(16-17-19)10-18-8-3-5-12-4-1-2-6-14(12)18/h11-12,14H,1-10,15H2. The minimum absolute atomic E-state index is 0.622. The van der Waals surface area contributed by atoms with E-state index in [2.05, 4.69) is 21.4 Å². The summed E-state index contributed by atoms with van der Waals surface area (Å²) in [6.07, 6.45) is 10.5. The van der Waals surface area contributed by atoms with Gasteiger partial charge in [-0.2, -0.15) is 0 Å². The third kappa shape index (κ3) is 2.98. The molecule has 2 unspecified atom stereocenters. The summed E-state index contributed by atoms with van der Waals surface area (Å²) in [6.45, 7) is 3.58. The summed E-state index contributed by atoms with van der Waals surface area (Å²) in [5, 5.41) is 8.42. The molecule has 106 valence electrons. The number of hydrogen-bond donors (Lipinski definition) is 1. The molecule has 2 heterocycles. The molecule has 0 amide bonds. The number of likely N-dealkylation sites (tertiary alicyclic amines) is 1. The van der Waals surface area contributed by atoms with E-state index in [4.69, 9.17) is 5.73 Å².